The maximum Gasteiger partial charge on any atom is 0.339 e. The van der Waals surface area contributed by atoms with Crippen molar-refractivity contribution in [3.8, 4) is 28.4 Å². The van der Waals surface area contributed by atoms with Crippen LogP contribution in [0.4, 0.5) is 0 Å². The summed E-state index contributed by atoms with van der Waals surface area (Å²) in [5, 5.41) is 42.1. The lowest BCUT2D eigenvalue weighted by Crippen LogP contribution is -2.43. The predicted molar refractivity (Wildman–Crippen MR) is 135 cm³/mol. The Kier molecular flexibility index (Phi) is 7.17. The van der Waals surface area contributed by atoms with Crippen LogP contribution in [0.25, 0.3) is 11.1 Å². The Morgan fingerprint density at radius 2 is 1.81 bits per heavy atom. The van der Waals surface area contributed by atoms with Crippen LogP contribution in [0.2, 0.25) is 0 Å². The number of phenols is 3. The molecule has 3 aromatic carbocycles. The van der Waals surface area contributed by atoms with Crippen LogP contribution >= 0.6 is 0 Å². The van der Waals surface area contributed by atoms with E-state index in [1.165, 1.54) is 12.1 Å². The summed E-state index contributed by atoms with van der Waals surface area (Å²) in [6.07, 6.45) is 1.56. The highest BCUT2D eigenvalue weighted by Crippen LogP contribution is 2.31. The smallest absolute Gasteiger partial charge is 0.339 e. The molecule has 36 heavy (non-hydrogen) atoms. The van der Waals surface area contributed by atoms with Gasteiger partial charge in [0.15, 0.2) is 0 Å². The third-order valence-electron chi connectivity index (χ3n) is 6.66. The van der Waals surface area contributed by atoms with Gasteiger partial charge in [-0.05, 0) is 104 Å². The van der Waals surface area contributed by atoms with Crippen molar-refractivity contribution in [1.82, 2.24) is 10.2 Å². The maximum absolute atomic E-state index is 13.1. The molecule has 1 unspecified atom stereocenters. The fraction of sp³-hybridized carbons (Fsp3) is 0.286. The van der Waals surface area contributed by atoms with Crippen LogP contribution in [0.5, 0.6) is 17.2 Å². The van der Waals surface area contributed by atoms with Gasteiger partial charge in [-0.2, -0.15) is 0 Å². The lowest BCUT2D eigenvalue weighted by Gasteiger charge is -2.26. The summed E-state index contributed by atoms with van der Waals surface area (Å²) in [6.45, 7) is 4.91. The van der Waals surface area contributed by atoms with E-state index in [0.29, 0.717) is 18.5 Å². The molecule has 4 rings (SSSR count). The molecule has 8 heteroatoms. The highest BCUT2D eigenvalue weighted by Gasteiger charge is 2.31. The molecule has 2 atom stereocenters. The number of carboxylic acid groups (broad SMARTS) is 1. The molecular formula is C28H30N2O6. The van der Waals surface area contributed by atoms with E-state index in [0.717, 1.165) is 35.2 Å². The van der Waals surface area contributed by atoms with Gasteiger partial charge in [-0.15, -0.1) is 0 Å². The fourth-order valence-electron chi connectivity index (χ4n) is 4.83. The number of carboxylic acids is 1. The predicted octanol–water partition coefficient (Wildman–Crippen LogP) is 4.32. The van der Waals surface area contributed by atoms with Gasteiger partial charge in [-0.25, -0.2) is 4.79 Å². The van der Waals surface area contributed by atoms with Crippen LogP contribution in [0, 0.1) is 6.92 Å². The molecule has 0 spiro atoms. The minimum absolute atomic E-state index is 0.133. The highest BCUT2D eigenvalue weighted by molar-refractivity contribution is 5.90. The molecule has 0 radical (unpaired) electrons. The first-order valence-electron chi connectivity index (χ1n) is 11.9. The summed E-state index contributed by atoms with van der Waals surface area (Å²) in [4.78, 5) is 26.4. The normalized spacial score (nSPS) is 16.6. The minimum atomic E-state index is -1.21. The molecule has 0 saturated carbocycles. The first-order valence-corrected chi connectivity index (χ1v) is 11.9. The van der Waals surface area contributed by atoms with Crippen LogP contribution in [0.3, 0.4) is 0 Å². The zero-order valence-electron chi connectivity index (χ0n) is 20.2. The van der Waals surface area contributed by atoms with Crippen molar-refractivity contribution >= 4 is 11.9 Å². The molecule has 1 amide bonds. The minimum Gasteiger partial charge on any atom is -0.508 e. The number of likely N-dealkylation sites (tertiary alicyclic amines) is 1. The molecule has 1 heterocycles. The Bertz CT molecular complexity index is 1310. The topological polar surface area (TPSA) is 130 Å². The first-order chi connectivity index (χ1) is 17.1. The third-order valence-corrected chi connectivity index (χ3v) is 6.66. The Labute approximate surface area is 209 Å². The van der Waals surface area contributed by atoms with Gasteiger partial charge in [0, 0.05) is 6.54 Å². The number of aromatic hydroxyl groups is 3. The Morgan fingerprint density at radius 3 is 2.50 bits per heavy atom. The highest BCUT2D eigenvalue weighted by atomic mass is 16.4. The molecule has 0 bridgehead atoms. The van der Waals surface area contributed by atoms with Gasteiger partial charge in [0.2, 0.25) is 5.91 Å². The number of amides is 1. The molecule has 1 aliphatic rings. The maximum atomic E-state index is 13.1. The van der Waals surface area contributed by atoms with Crippen molar-refractivity contribution < 1.29 is 30.0 Å². The number of rotatable bonds is 7. The van der Waals surface area contributed by atoms with E-state index >= 15 is 0 Å². The Hall–Kier alpha value is -4.04. The van der Waals surface area contributed by atoms with Gasteiger partial charge < -0.3 is 25.7 Å². The first kappa shape index (κ1) is 25.1. The third kappa shape index (κ3) is 5.44. The second-order valence-corrected chi connectivity index (χ2v) is 9.33. The van der Waals surface area contributed by atoms with E-state index in [4.69, 9.17) is 5.11 Å². The number of hydrogen-bond donors (Lipinski definition) is 5. The standard InChI is InChI=1S/C28H30N2O6/c1-16-10-21(31)6-8-23(16)20-11-18(12-22(32)13-20)15-30-9-3-4-25(30)27(34)29-17(2)19-5-7-24(28(35)36)26(33)14-19/h5-8,10-14,17,25,31-33H,3-4,9,15H2,1-2H3,(H,29,34)(H,35,36)/t17-,25?/m0/s1. The number of carbonyl (C=O) groups excluding carboxylic acids is 1. The van der Waals surface area contributed by atoms with Crippen molar-refractivity contribution in [3.05, 3.63) is 76.9 Å². The SMILES string of the molecule is Cc1cc(O)ccc1-c1cc(O)cc(CN2CCCC2C(=O)N[C@@H](C)c2ccc(C(=O)O)c(O)c2)c1. The zero-order valence-corrected chi connectivity index (χ0v) is 20.2. The number of benzene rings is 3. The van der Waals surface area contributed by atoms with Crippen molar-refractivity contribution in [3.63, 3.8) is 0 Å². The van der Waals surface area contributed by atoms with Gasteiger partial charge in [-0.1, -0.05) is 12.1 Å². The number of phenolic OH excluding ortho intramolecular Hbond substituents is 2. The number of aromatic carboxylic acids is 1. The van der Waals surface area contributed by atoms with Crippen LogP contribution in [0.15, 0.2) is 54.6 Å². The summed E-state index contributed by atoms with van der Waals surface area (Å²) >= 11 is 0. The van der Waals surface area contributed by atoms with Crippen molar-refractivity contribution in [2.75, 3.05) is 6.54 Å². The average Bonchev–Trinajstić information content (AvgIpc) is 3.26. The molecule has 5 N–H and O–H groups in total. The van der Waals surface area contributed by atoms with Crippen molar-refractivity contribution in [2.45, 2.75) is 45.3 Å². The second kappa shape index (κ2) is 10.3. The van der Waals surface area contributed by atoms with E-state index in [1.807, 2.05) is 19.1 Å². The van der Waals surface area contributed by atoms with E-state index in [-0.39, 0.29) is 34.8 Å². The van der Waals surface area contributed by atoms with E-state index < -0.39 is 12.0 Å². The van der Waals surface area contributed by atoms with Crippen LogP contribution in [0.1, 0.15) is 52.9 Å². The van der Waals surface area contributed by atoms with Gasteiger partial charge in [0.1, 0.15) is 22.8 Å². The number of aryl methyl sites for hydroxylation is 1. The second-order valence-electron chi connectivity index (χ2n) is 9.33. The molecule has 1 fully saturated rings. The summed E-state index contributed by atoms with van der Waals surface area (Å²) in [7, 11) is 0. The summed E-state index contributed by atoms with van der Waals surface area (Å²) in [6, 6.07) is 14.0. The zero-order chi connectivity index (χ0) is 26.0. The van der Waals surface area contributed by atoms with Crippen molar-refractivity contribution in [1.29, 1.82) is 0 Å². The molecule has 1 aliphatic heterocycles. The number of nitrogens with zero attached hydrogens (tertiary/aromatic N) is 1. The van der Waals surface area contributed by atoms with Crippen molar-refractivity contribution in [2.24, 2.45) is 0 Å². The largest absolute Gasteiger partial charge is 0.508 e. The van der Waals surface area contributed by atoms with Crippen LogP contribution < -0.4 is 5.32 Å². The van der Waals surface area contributed by atoms with E-state index in [9.17, 15) is 24.9 Å². The van der Waals surface area contributed by atoms with E-state index in [1.54, 1.807) is 37.3 Å². The quantitative estimate of drug-likeness (QED) is 0.333. The lowest BCUT2D eigenvalue weighted by molar-refractivity contribution is -0.126. The van der Waals surface area contributed by atoms with Gasteiger partial charge in [0.05, 0.1) is 12.1 Å². The molecule has 0 aromatic heterocycles. The number of hydrogen-bond acceptors (Lipinski definition) is 6. The monoisotopic (exact) mass is 490 g/mol. The Balaban J connectivity index is 1.48. The van der Waals surface area contributed by atoms with Crippen LogP contribution in [-0.4, -0.2) is 49.8 Å². The average molecular weight is 491 g/mol. The van der Waals surface area contributed by atoms with Gasteiger partial charge in [0.25, 0.3) is 0 Å². The van der Waals surface area contributed by atoms with E-state index in [2.05, 4.69) is 10.2 Å². The molecule has 3 aromatic rings. The van der Waals surface area contributed by atoms with Crippen LogP contribution in [-0.2, 0) is 11.3 Å². The molecular weight excluding hydrogens is 460 g/mol. The fourth-order valence-corrected chi connectivity index (χ4v) is 4.83. The number of carbonyl (C=O) groups is 2. The molecule has 1 saturated heterocycles. The molecule has 0 aliphatic carbocycles. The number of nitrogens with one attached hydrogen (secondary N) is 1. The summed E-state index contributed by atoms with van der Waals surface area (Å²) in [5.74, 6) is -1.38. The van der Waals surface area contributed by atoms with Gasteiger partial charge >= 0.3 is 5.97 Å². The molecule has 188 valence electrons. The van der Waals surface area contributed by atoms with Gasteiger partial charge in [-0.3, -0.25) is 9.69 Å². The summed E-state index contributed by atoms with van der Waals surface area (Å²) in [5.41, 5.74) is 3.93. The lowest BCUT2D eigenvalue weighted by atomic mass is 9.98. The molecule has 8 nitrogen and oxygen atoms in total. The summed E-state index contributed by atoms with van der Waals surface area (Å²) < 4.78 is 0. The Morgan fingerprint density at radius 1 is 1.03 bits per heavy atom.